The van der Waals surface area contributed by atoms with Gasteiger partial charge in [0.2, 0.25) is 5.28 Å². The van der Waals surface area contributed by atoms with Crippen molar-refractivity contribution in [1.82, 2.24) is 19.5 Å². The number of imidazole rings is 1. The van der Waals surface area contributed by atoms with E-state index < -0.39 is 5.82 Å². The SMILES string of the molecule is CC(Cn1ccnc1)Nc1nc(Cl)ncc1F. The topological polar surface area (TPSA) is 55.6 Å². The van der Waals surface area contributed by atoms with Crippen LogP contribution in [0.2, 0.25) is 5.28 Å². The molecule has 90 valence electrons. The minimum atomic E-state index is -0.521. The van der Waals surface area contributed by atoms with E-state index in [4.69, 9.17) is 11.6 Å². The first-order valence-corrected chi connectivity index (χ1v) is 5.43. The van der Waals surface area contributed by atoms with Crippen molar-refractivity contribution in [1.29, 1.82) is 0 Å². The van der Waals surface area contributed by atoms with Gasteiger partial charge in [0.1, 0.15) is 0 Å². The lowest BCUT2D eigenvalue weighted by Gasteiger charge is -2.15. The molecular formula is C10H11ClFN5. The van der Waals surface area contributed by atoms with Crippen molar-refractivity contribution in [2.75, 3.05) is 5.32 Å². The van der Waals surface area contributed by atoms with Crippen molar-refractivity contribution in [2.24, 2.45) is 0 Å². The highest BCUT2D eigenvalue weighted by molar-refractivity contribution is 6.28. The molecule has 1 atom stereocenters. The second kappa shape index (κ2) is 5.09. The number of rotatable bonds is 4. The lowest BCUT2D eigenvalue weighted by Crippen LogP contribution is -2.22. The summed E-state index contributed by atoms with van der Waals surface area (Å²) < 4.78 is 15.2. The maximum absolute atomic E-state index is 13.3. The first kappa shape index (κ1) is 11.8. The molecule has 0 saturated heterocycles. The summed E-state index contributed by atoms with van der Waals surface area (Å²) in [6, 6.07) is -0.00957. The zero-order valence-electron chi connectivity index (χ0n) is 9.14. The molecule has 0 saturated carbocycles. The number of aromatic nitrogens is 4. The van der Waals surface area contributed by atoms with E-state index >= 15 is 0 Å². The smallest absolute Gasteiger partial charge is 0.224 e. The van der Waals surface area contributed by atoms with Crippen LogP contribution in [0.25, 0.3) is 0 Å². The van der Waals surface area contributed by atoms with E-state index in [2.05, 4.69) is 20.3 Å². The Hall–Kier alpha value is -1.69. The molecule has 1 N–H and O–H groups in total. The van der Waals surface area contributed by atoms with Gasteiger partial charge < -0.3 is 9.88 Å². The van der Waals surface area contributed by atoms with Crippen LogP contribution in [0, 0.1) is 5.82 Å². The predicted octanol–water partition coefficient (Wildman–Crippen LogP) is 1.97. The van der Waals surface area contributed by atoms with Crippen molar-refractivity contribution < 1.29 is 4.39 Å². The van der Waals surface area contributed by atoms with Gasteiger partial charge in [-0.3, -0.25) is 0 Å². The molecular weight excluding hydrogens is 245 g/mol. The molecule has 0 aliphatic carbocycles. The van der Waals surface area contributed by atoms with Gasteiger partial charge in [0.05, 0.1) is 12.5 Å². The average molecular weight is 256 g/mol. The van der Waals surface area contributed by atoms with Gasteiger partial charge in [-0.1, -0.05) is 0 Å². The summed E-state index contributed by atoms with van der Waals surface area (Å²) in [7, 11) is 0. The quantitative estimate of drug-likeness (QED) is 0.849. The van der Waals surface area contributed by atoms with Crippen molar-refractivity contribution in [2.45, 2.75) is 19.5 Å². The molecule has 0 aliphatic rings. The minimum absolute atomic E-state index is 0.00957. The van der Waals surface area contributed by atoms with Crippen molar-refractivity contribution in [3.63, 3.8) is 0 Å². The van der Waals surface area contributed by atoms with Gasteiger partial charge in [-0.2, -0.15) is 4.98 Å². The van der Waals surface area contributed by atoms with Gasteiger partial charge in [-0.15, -0.1) is 0 Å². The van der Waals surface area contributed by atoms with Crippen molar-refractivity contribution in [3.8, 4) is 0 Å². The van der Waals surface area contributed by atoms with Crippen molar-refractivity contribution >= 4 is 17.4 Å². The van der Waals surface area contributed by atoms with Crippen LogP contribution in [0.4, 0.5) is 10.2 Å². The lowest BCUT2D eigenvalue weighted by atomic mass is 10.3. The average Bonchev–Trinajstić information content (AvgIpc) is 2.76. The van der Waals surface area contributed by atoms with E-state index in [1.165, 1.54) is 0 Å². The van der Waals surface area contributed by atoms with Crippen LogP contribution in [0.15, 0.2) is 24.9 Å². The summed E-state index contributed by atoms with van der Waals surface area (Å²) in [5.41, 5.74) is 0. The van der Waals surface area contributed by atoms with Gasteiger partial charge in [0, 0.05) is 25.0 Å². The second-order valence-electron chi connectivity index (χ2n) is 3.64. The maximum atomic E-state index is 13.3. The van der Waals surface area contributed by atoms with Crippen LogP contribution in [-0.4, -0.2) is 25.6 Å². The zero-order chi connectivity index (χ0) is 12.3. The number of halogens is 2. The van der Waals surface area contributed by atoms with E-state index in [-0.39, 0.29) is 17.1 Å². The monoisotopic (exact) mass is 255 g/mol. The molecule has 0 radical (unpaired) electrons. The molecule has 2 aromatic rings. The molecule has 0 spiro atoms. The van der Waals surface area contributed by atoms with E-state index in [0.29, 0.717) is 6.54 Å². The summed E-state index contributed by atoms with van der Waals surface area (Å²) >= 11 is 5.60. The first-order valence-electron chi connectivity index (χ1n) is 5.05. The molecule has 0 bridgehead atoms. The fraction of sp³-hybridized carbons (Fsp3) is 0.300. The van der Waals surface area contributed by atoms with Crippen LogP contribution >= 0.6 is 11.6 Å². The minimum Gasteiger partial charge on any atom is -0.363 e. The standard InChI is InChI=1S/C10H11ClFN5/c1-7(5-17-3-2-13-6-17)15-9-8(12)4-14-10(11)16-9/h2-4,6-7H,5H2,1H3,(H,14,15,16). The number of hydrogen-bond acceptors (Lipinski definition) is 4. The summed E-state index contributed by atoms with van der Waals surface area (Å²) in [5.74, 6) is -0.413. The van der Waals surface area contributed by atoms with Crippen LogP contribution in [0.1, 0.15) is 6.92 Å². The highest BCUT2D eigenvalue weighted by atomic mass is 35.5. The molecule has 0 fully saturated rings. The van der Waals surface area contributed by atoms with E-state index in [1.807, 2.05) is 17.7 Å². The number of hydrogen-bond donors (Lipinski definition) is 1. The van der Waals surface area contributed by atoms with E-state index in [0.717, 1.165) is 6.20 Å². The highest BCUT2D eigenvalue weighted by Crippen LogP contribution is 2.13. The Morgan fingerprint density at radius 2 is 2.41 bits per heavy atom. The van der Waals surface area contributed by atoms with Gasteiger partial charge in [-0.05, 0) is 18.5 Å². The molecule has 17 heavy (non-hydrogen) atoms. The van der Waals surface area contributed by atoms with Crippen LogP contribution in [0.3, 0.4) is 0 Å². The van der Waals surface area contributed by atoms with Crippen LogP contribution < -0.4 is 5.32 Å². The van der Waals surface area contributed by atoms with Crippen molar-refractivity contribution in [3.05, 3.63) is 36.0 Å². The maximum Gasteiger partial charge on any atom is 0.224 e. The predicted molar refractivity (Wildman–Crippen MR) is 62.3 cm³/mol. The number of nitrogens with one attached hydrogen (secondary N) is 1. The Morgan fingerprint density at radius 3 is 3.12 bits per heavy atom. The van der Waals surface area contributed by atoms with Gasteiger partial charge >= 0.3 is 0 Å². The Balaban J connectivity index is 2.02. The molecule has 1 unspecified atom stereocenters. The van der Waals surface area contributed by atoms with E-state index in [1.54, 1.807) is 12.5 Å². The molecule has 5 nitrogen and oxygen atoms in total. The number of anilines is 1. The summed E-state index contributed by atoms with van der Waals surface area (Å²) in [6.45, 7) is 2.57. The summed E-state index contributed by atoms with van der Waals surface area (Å²) in [6.07, 6.45) is 6.26. The highest BCUT2D eigenvalue weighted by Gasteiger charge is 2.09. The Kier molecular flexibility index (Phi) is 3.53. The fourth-order valence-electron chi connectivity index (χ4n) is 1.44. The third-order valence-corrected chi connectivity index (χ3v) is 2.32. The normalized spacial score (nSPS) is 12.4. The van der Waals surface area contributed by atoms with Gasteiger partial charge in [0.15, 0.2) is 11.6 Å². The first-order chi connectivity index (χ1) is 8.15. The largest absolute Gasteiger partial charge is 0.363 e. The Morgan fingerprint density at radius 1 is 1.59 bits per heavy atom. The van der Waals surface area contributed by atoms with Gasteiger partial charge in [0.25, 0.3) is 0 Å². The zero-order valence-corrected chi connectivity index (χ0v) is 9.89. The van der Waals surface area contributed by atoms with Gasteiger partial charge in [-0.25, -0.2) is 14.4 Å². The molecule has 2 aromatic heterocycles. The molecule has 2 rings (SSSR count). The third-order valence-electron chi connectivity index (χ3n) is 2.14. The molecule has 7 heteroatoms. The second-order valence-corrected chi connectivity index (χ2v) is 3.98. The molecule has 2 heterocycles. The van der Waals surface area contributed by atoms with Crippen LogP contribution in [-0.2, 0) is 6.54 Å². The molecule has 0 aliphatic heterocycles. The fourth-order valence-corrected chi connectivity index (χ4v) is 1.57. The third kappa shape index (κ3) is 3.13. The lowest BCUT2D eigenvalue weighted by molar-refractivity contribution is 0.589. The summed E-state index contributed by atoms with van der Waals surface area (Å²) in [4.78, 5) is 11.3. The molecule has 0 amide bonds. The number of nitrogens with zero attached hydrogens (tertiary/aromatic N) is 4. The summed E-state index contributed by atoms with van der Waals surface area (Å²) in [5, 5.41) is 2.95. The Bertz CT molecular complexity index is 487. The van der Waals surface area contributed by atoms with Crippen LogP contribution in [0.5, 0.6) is 0 Å². The Labute approximate surface area is 103 Å². The molecule has 0 aromatic carbocycles. The van der Waals surface area contributed by atoms with E-state index in [9.17, 15) is 4.39 Å².